The quantitative estimate of drug-likeness (QED) is 0.829. The number of carbonyl (C=O) groups is 2. The maximum atomic E-state index is 11.9. The van der Waals surface area contributed by atoms with Gasteiger partial charge in [0.15, 0.2) is 5.78 Å². The number of nitrogens with one attached hydrogen (secondary N) is 1. The molecular weight excluding hydrogens is 266 g/mol. The van der Waals surface area contributed by atoms with Crippen LogP contribution in [0.5, 0.6) is 5.75 Å². The zero-order valence-electron chi connectivity index (χ0n) is 11.8. The molecule has 0 saturated heterocycles. The summed E-state index contributed by atoms with van der Waals surface area (Å²) >= 11 is 0. The summed E-state index contributed by atoms with van der Waals surface area (Å²) < 4.78 is 5.31. The molecule has 0 unspecified atom stereocenters. The van der Waals surface area contributed by atoms with E-state index in [4.69, 9.17) is 4.74 Å². The summed E-state index contributed by atoms with van der Waals surface area (Å²) in [6.07, 6.45) is 0. The van der Waals surface area contributed by atoms with Gasteiger partial charge in [0.05, 0.1) is 13.2 Å². The lowest BCUT2D eigenvalue weighted by atomic mass is 10.1. The molecule has 2 aromatic rings. The highest BCUT2D eigenvalue weighted by Crippen LogP contribution is 2.11. The Kier molecular flexibility index (Phi) is 5.10. The molecule has 1 N–H and O–H groups in total. The van der Waals surface area contributed by atoms with Crippen molar-refractivity contribution < 1.29 is 14.3 Å². The van der Waals surface area contributed by atoms with E-state index in [0.29, 0.717) is 17.7 Å². The van der Waals surface area contributed by atoms with Crippen LogP contribution in [0.15, 0.2) is 54.6 Å². The van der Waals surface area contributed by atoms with Crippen LogP contribution in [-0.4, -0.2) is 24.8 Å². The third-order valence-electron chi connectivity index (χ3n) is 2.93. The Morgan fingerprint density at radius 1 is 0.952 bits per heavy atom. The molecule has 1 amide bonds. The molecule has 0 aliphatic rings. The van der Waals surface area contributed by atoms with Crippen molar-refractivity contribution in [3.05, 3.63) is 65.7 Å². The van der Waals surface area contributed by atoms with E-state index >= 15 is 0 Å². The zero-order valence-corrected chi connectivity index (χ0v) is 11.8. The molecule has 21 heavy (non-hydrogen) atoms. The number of ketones is 1. The van der Waals surface area contributed by atoms with Crippen molar-refractivity contribution >= 4 is 11.7 Å². The number of hydrogen-bond donors (Lipinski definition) is 1. The van der Waals surface area contributed by atoms with Crippen LogP contribution in [0.2, 0.25) is 0 Å². The highest BCUT2D eigenvalue weighted by molar-refractivity contribution is 6.02. The highest BCUT2D eigenvalue weighted by atomic mass is 16.5. The number of amides is 1. The number of ether oxygens (including phenoxy) is 1. The summed E-state index contributed by atoms with van der Waals surface area (Å²) in [7, 11) is 0. The molecule has 2 rings (SSSR count). The Bertz CT molecular complexity index is 606. The van der Waals surface area contributed by atoms with E-state index < -0.39 is 0 Å². The molecule has 0 spiro atoms. The van der Waals surface area contributed by atoms with Crippen molar-refractivity contribution in [3.8, 4) is 5.75 Å². The number of benzene rings is 2. The van der Waals surface area contributed by atoms with E-state index in [1.54, 1.807) is 48.5 Å². The molecule has 0 bridgehead atoms. The summed E-state index contributed by atoms with van der Waals surface area (Å²) in [5.41, 5.74) is 1.09. The van der Waals surface area contributed by atoms with Gasteiger partial charge in [0.1, 0.15) is 5.75 Å². The standard InChI is InChI=1S/C17H17NO3/c1-2-21-15-10-8-14(9-11-15)17(20)18-12-16(19)13-6-4-3-5-7-13/h3-11H,2,12H2,1H3,(H,18,20). The molecule has 0 saturated carbocycles. The van der Waals surface area contributed by atoms with Crippen molar-refractivity contribution in [1.29, 1.82) is 0 Å². The first-order valence-electron chi connectivity index (χ1n) is 6.80. The van der Waals surface area contributed by atoms with Crippen molar-refractivity contribution in [1.82, 2.24) is 5.32 Å². The van der Waals surface area contributed by atoms with E-state index in [9.17, 15) is 9.59 Å². The molecule has 0 radical (unpaired) electrons. The average molecular weight is 283 g/mol. The van der Waals surface area contributed by atoms with Crippen LogP contribution in [-0.2, 0) is 0 Å². The molecule has 0 aliphatic carbocycles. The molecule has 0 heterocycles. The van der Waals surface area contributed by atoms with Gasteiger partial charge in [-0.25, -0.2) is 0 Å². The van der Waals surface area contributed by atoms with Crippen LogP contribution in [0.1, 0.15) is 27.6 Å². The number of carbonyl (C=O) groups excluding carboxylic acids is 2. The fourth-order valence-corrected chi connectivity index (χ4v) is 1.86. The molecule has 108 valence electrons. The minimum absolute atomic E-state index is 0.0178. The van der Waals surface area contributed by atoms with Gasteiger partial charge in [-0.2, -0.15) is 0 Å². The van der Waals surface area contributed by atoms with Gasteiger partial charge in [-0.3, -0.25) is 9.59 Å². The first-order valence-corrected chi connectivity index (χ1v) is 6.80. The van der Waals surface area contributed by atoms with Crippen LogP contribution < -0.4 is 10.1 Å². The first-order chi connectivity index (χ1) is 10.2. The Morgan fingerprint density at radius 3 is 2.24 bits per heavy atom. The van der Waals surface area contributed by atoms with Gasteiger partial charge in [0, 0.05) is 11.1 Å². The van der Waals surface area contributed by atoms with Gasteiger partial charge >= 0.3 is 0 Å². The zero-order chi connectivity index (χ0) is 15.1. The third-order valence-corrected chi connectivity index (χ3v) is 2.93. The van der Waals surface area contributed by atoms with Crippen LogP contribution in [0.3, 0.4) is 0 Å². The second-order valence-electron chi connectivity index (χ2n) is 4.43. The van der Waals surface area contributed by atoms with E-state index in [1.165, 1.54) is 0 Å². The van der Waals surface area contributed by atoms with Gasteiger partial charge in [0.25, 0.3) is 5.91 Å². The normalized spacial score (nSPS) is 9.95. The second kappa shape index (κ2) is 7.24. The lowest BCUT2D eigenvalue weighted by Crippen LogP contribution is -2.29. The molecule has 0 atom stereocenters. The number of Topliss-reactive ketones (excluding diaryl/α,β-unsaturated/α-hetero) is 1. The Balaban J connectivity index is 1.91. The van der Waals surface area contributed by atoms with Crippen molar-refractivity contribution in [2.45, 2.75) is 6.92 Å². The first kappa shape index (κ1) is 14.8. The van der Waals surface area contributed by atoms with Crippen LogP contribution in [0.4, 0.5) is 0 Å². The summed E-state index contributed by atoms with van der Waals surface area (Å²) in [6, 6.07) is 15.7. The fourth-order valence-electron chi connectivity index (χ4n) is 1.86. The smallest absolute Gasteiger partial charge is 0.251 e. The minimum Gasteiger partial charge on any atom is -0.494 e. The summed E-state index contributed by atoms with van der Waals surface area (Å²) in [5, 5.41) is 2.62. The van der Waals surface area contributed by atoms with Gasteiger partial charge in [-0.1, -0.05) is 30.3 Å². The second-order valence-corrected chi connectivity index (χ2v) is 4.43. The van der Waals surface area contributed by atoms with Crippen molar-refractivity contribution in [3.63, 3.8) is 0 Å². The maximum Gasteiger partial charge on any atom is 0.251 e. The maximum absolute atomic E-state index is 11.9. The van der Waals surface area contributed by atoms with Crippen molar-refractivity contribution in [2.24, 2.45) is 0 Å². The average Bonchev–Trinajstić information content (AvgIpc) is 2.54. The number of hydrogen-bond acceptors (Lipinski definition) is 3. The van der Waals surface area contributed by atoms with E-state index in [0.717, 1.165) is 5.75 Å². The monoisotopic (exact) mass is 283 g/mol. The predicted octanol–water partition coefficient (Wildman–Crippen LogP) is 2.70. The molecule has 4 nitrogen and oxygen atoms in total. The molecular formula is C17H17NO3. The summed E-state index contributed by atoms with van der Waals surface area (Å²) in [6.45, 7) is 2.46. The minimum atomic E-state index is -0.276. The van der Waals surface area contributed by atoms with Gasteiger partial charge in [-0.05, 0) is 31.2 Å². The summed E-state index contributed by atoms with van der Waals surface area (Å²) in [5.74, 6) is 0.326. The molecule has 0 fully saturated rings. The molecule has 0 aliphatic heterocycles. The Labute approximate surface area is 123 Å². The lowest BCUT2D eigenvalue weighted by Gasteiger charge is -2.06. The topological polar surface area (TPSA) is 55.4 Å². The van der Waals surface area contributed by atoms with Gasteiger partial charge in [-0.15, -0.1) is 0 Å². The van der Waals surface area contributed by atoms with Crippen LogP contribution >= 0.6 is 0 Å². The SMILES string of the molecule is CCOc1ccc(C(=O)NCC(=O)c2ccccc2)cc1. The third kappa shape index (κ3) is 4.18. The summed E-state index contributed by atoms with van der Waals surface area (Å²) in [4.78, 5) is 23.8. The predicted molar refractivity (Wildman–Crippen MR) is 80.7 cm³/mol. The molecule has 2 aromatic carbocycles. The van der Waals surface area contributed by atoms with Gasteiger partial charge in [0.2, 0.25) is 0 Å². The van der Waals surface area contributed by atoms with Gasteiger partial charge < -0.3 is 10.1 Å². The molecule has 4 heteroatoms. The Morgan fingerprint density at radius 2 is 1.62 bits per heavy atom. The van der Waals surface area contributed by atoms with E-state index in [-0.39, 0.29) is 18.2 Å². The van der Waals surface area contributed by atoms with Crippen LogP contribution in [0.25, 0.3) is 0 Å². The molecule has 0 aromatic heterocycles. The van der Waals surface area contributed by atoms with E-state index in [1.807, 2.05) is 13.0 Å². The largest absolute Gasteiger partial charge is 0.494 e. The Hall–Kier alpha value is -2.62. The lowest BCUT2D eigenvalue weighted by molar-refractivity contribution is 0.0904. The van der Waals surface area contributed by atoms with Crippen LogP contribution in [0, 0.1) is 0 Å². The van der Waals surface area contributed by atoms with E-state index in [2.05, 4.69) is 5.32 Å². The fraction of sp³-hybridized carbons (Fsp3) is 0.176. The number of rotatable bonds is 6. The van der Waals surface area contributed by atoms with Crippen molar-refractivity contribution in [2.75, 3.05) is 13.2 Å². The highest BCUT2D eigenvalue weighted by Gasteiger charge is 2.09.